The minimum absolute atomic E-state index is 0.0749. The Bertz CT molecular complexity index is 652. The topological polar surface area (TPSA) is 89.8 Å². The van der Waals surface area contributed by atoms with Crippen molar-refractivity contribution >= 4 is 5.91 Å². The van der Waals surface area contributed by atoms with Crippen molar-refractivity contribution in [3.63, 3.8) is 0 Å². The van der Waals surface area contributed by atoms with Gasteiger partial charge >= 0.3 is 0 Å². The highest BCUT2D eigenvalue weighted by Gasteiger charge is 2.59. The summed E-state index contributed by atoms with van der Waals surface area (Å²) in [7, 11) is 0. The van der Waals surface area contributed by atoms with Crippen molar-refractivity contribution < 1.29 is 20.1 Å². The van der Waals surface area contributed by atoms with E-state index in [-0.39, 0.29) is 28.5 Å². The first-order valence-corrected chi connectivity index (χ1v) is 8.84. The highest BCUT2D eigenvalue weighted by molar-refractivity contribution is 5.99. The lowest BCUT2D eigenvalue weighted by atomic mass is 9.46. The van der Waals surface area contributed by atoms with E-state index in [9.17, 15) is 20.1 Å². The smallest absolute Gasteiger partial charge is 0.259 e. The van der Waals surface area contributed by atoms with Crippen LogP contribution in [-0.2, 0) is 0 Å². The number of carbonyl (C=O) groups excluding carboxylic acids is 1. The molecule has 1 amide bonds. The lowest BCUT2D eigenvalue weighted by Crippen LogP contribution is -2.61. The highest BCUT2D eigenvalue weighted by atomic mass is 16.3. The molecule has 130 valence electrons. The van der Waals surface area contributed by atoms with E-state index in [0.29, 0.717) is 11.8 Å². The lowest BCUT2D eigenvalue weighted by Gasteiger charge is -2.62. The summed E-state index contributed by atoms with van der Waals surface area (Å²) in [6.07, 6.45) is 5.81. The molecular weight excluding hydrogens is 306 g/mol. The average Bonchev–Trinajstić information content (AvgIpc) is 2.44. The predicted octanol–water partition coefficient (Wildman–Crippen LogP) is 2.55. The third kappa shape index (κ3) is 2.37. The summed E-state index contributed by atoms with van der Waals surface area (Å²) < 4.78 is 0. The molecule has 4 saturated carbocycles. The number of aliphatic hydroxyl groups is 1. The summed E-state index contributed by atoms with van der Waals surface area (Å²) in [5.41, 5.74) is -0.720. The summed E-state index contributed by atoms with van der Waals surface area (Å²) in [6, 6.07) is 4.18. The number of amides is 1. The van der Waals surface area contributed by atoms with Crippen LogP contribution in [0.1, 0.15) is 55.8 Å². The average molecular weight is 331 g/mol. The Labute approximate surface area is 141 Å². The van der Waals surface area contributed by atoms with Gasteiger partial charge < -0.3 is 20.6 Å². The molecule has 24 heavy (non-hydrogen) atoms. The van der Waals surface area contributed by atoms with Gasteiger partial charge in [0.25, 0.3) is 5.91 Å². The second-order valence-electron chi connectivity index (χ2n) is 8.41. The fraction of sp³-hybridized carbons (Fsp3) is 0.632. The fourth-order valence-corrected chi connectivity index (χ4v) is 5.97. The minimum atomic E-state index is -0.569. The van der Waals surface area contributed by atoms with Crippen molar-refractivity contribution in [2.45, 2.75) is 57.1 Å². The summed E-state index contributed by atoms with van der Waals surface area (Å²) in [5, 5.41) is 33.6. The molecule has 5 rings (SSSR count). The number of phenols is 2. The molecule has 4 bridgehead atoms. The second kappa shape index (κ2) is 5.12. The molecule has 4 aliphatic carbocycles. The fourth-order valence-electron chi connectivity index (χ4n) is 5.97. The van der Waals surface area contributed by atoms with E-state index in [1.807, 2.05) is 6.92 Å². The van der Waals surface area contributed by atoms with Gasteiger partial charge in [-0.15, -0.1) is 0 Å². The van der Waals surface area contributed by atoms with Crippen LogP contribution in [-0.4, -0.2) is 32.9 Å². The van der Waals surface area contributed by atoms with Crippen LogP contribution in [0.15, 0.2) is 18.2 Å². The summed E-state index contributed by atoms with van der Waals surface area (Å²) >= 11 is 0. The van der Waals surface area contributed by atoms with Gasteiger partial charge in [0.05, 0.1) is 5.60 Å². The number of rotatable bonds is 3. The molecule has 0 heterocycles. The van der Waals surface area contributed by atoms with E-state index in [1.54, 1.807) is 0 Å². The maximum absolute atomic E-state index is 12.6. The first-order valence-electron chi connectivity index (χ1n) is 8.84. The Kier molecular flexibility index (Phi) is 3.36. The van der Waals surface area contributed by atoms with Crippen LogP contribution in [0.2, 0.25) is 0 Å². The van der Waals surface area contributed by atoms with Crippen molar-refractivity contribution in [3.8, 4) is 11.5 Å². The van der Waals surface area contributed by atoms with Gasteiger partial charge in [-0.05, 0) is 74.8 Å². The Morgan fingerprint density at radius 2 is 1.75 bits per heavy atom. The van der Waals surface area contributed by atoms with Crippen LogP contribution in [0, 0.1) is 17.3 Å². The number of phenolic OH excluding ortho intramolecular Hbond substituents is 2. The van der Waals surface area contributed by atoms with Crippen molar-refractivity contribution in [3.05, 3.63) is 23.8 Å². The van der Waals surface area contributed by atoms with E-state index in [1.165, 1.54) is 24.6 Å². The first kappa shape index (κ1) is 15.8. The van der Waals surface area contributed by atoms with Crippen LogP contribution < -0.4 is 5.32 Å². The molecule has 0 spiro atoms. The van der Waals surface area contributed by atoms with E-state index < -0.39 is 11.5 Å². The third-order valence-electron chi connectivity index (χ3n) is 6.59. The quantitative estimate of drug-likeness (QED) is 0.685. The Balaban J connectivity index is 1.56. The molecule has 5 heteroatoms. The number of aromatic hydroxyl groups is 2. The Morgan fingerprint density at radius 1 is 1.17 bits per heavy atom. The van der Waals surface area contributed by atoms with Crippen LogP contribution in [0.3, 0.4) is 0 Å². The van der Waals surface area contributed by atoms with Gasteiger partial charge in [0.2, 0.25) is 0 Å². The standard InChI is InChI=1S/C19H25NO4/c1-11(20-17(23)16-14(21)3-2-4-15(16)22)18-6-12-5-13(7-18)9-19(24,8-12)10-18/h2-4,11-13,21-22,24H,5-10H2,1H3,(H,20,23)/t11-,12+,13+,18?,19?/m0/s1. The SMILES string of the molecule is C[C@H](NC(=O)c1c(O)cccc1O)C12C[C@H]3C[C@@H](CC(O)(C3)C1)C2. The first-order chi connectivity index (χ1) is 11.3. The van der Waals surface area contributed by atoms with E-state index in [0.717, 1.165) is 32.1 Å². The third-order valence-corrected chi connectivity index (χ3v) is 6.59. The molecule has 0 radical (unpaired) electrons. The zero-order valence-electron chi connectivity index (χ0n) is 14.0. The minimum Gasteiger partial charge on any atom is -0.507 e. The van der Waals surface area contributed by atoms with Gasteiger partial charge in [0.1, 0.15) is 17.1 Å². The molecule has 1 aromatic carbocycles. The molecule has 4 aliphatic rings. The monoisotopic (exact) mass is 331 g/mol. The molecule has 4 N–H and O–H groups in total. The van der Waals surface area contributed by atoms with Gasteiger partial charge in [-0.2, -0.15) is 0 Å². The van der Waals surface area contributed by atoms with Gasteiger partial charge in [-0.1, -0.05) is 6.07 Å². The van der Waals surface area contributed by atoms with Gasteiger partial charge in [-0.25, -0.2) is 0 Å². The van der Waals surface area contributed by atoms with E-state index in [4.69, 9.17) is 0 Å². The number of nitrogens with one attached hydrogen (secondary N) is 1. The highest BCUT2D eigenvalue weighted by Crippen LogP contribution is 2.62. The van der Waals surface area contributed by atoms with Gasteiger partial charge in [0, 0.05) is 6.04 Å². The van der Waals surface area contributed by atoms with Crippen LogP contribution in [0.4, 0.5) is 0 Å². The number of hydrogen-bond acceptors (Lipinski definition) is 4. The Hall–Kier alpha value is -1.75. The molecule has 0 aromatic heterocycles. The number of hydrogen-bond donors (Lipinski definition) is 4. The number of carbonyl (C=O) groups is 1. The predicted molar refractivity (Wildman–Crippen MR) is 88.8 cm³/mol. The maximum Gasteiger partial charge on any atom is 0.259 e. The lowest BCUT2D eigenvalue weighted by molar-refractivity contribution is -0.171. The molecule has 0 unspecified atom stereocenters. The van der Waals surface area contributed by atoms with Crippen molar-refractivity contribution in [2.75, 3.05) is 0 Å². The van der Waals surface area contributed by atoms with Gasteiger partial charge in [-0.3, -0.25) is 4.79 Å². The summed E-state index contributed by atoms with van der Waals surface area (Å²) in [6.45, 7) is 1.99. The van der Waals surface area contributed by atoms with Crippen molar-refractivity contribution in [1.29, 1.82) is 0 Å². The van der Waals surface area contributed by atoms with E-state index in [2.05, 4.69) is 5.32 Å². The molecule has 3 atom stereocenters. The molecule has 5 nitrogen and oxygen atoms in total. The molecule has 0 saturated heterocycles. The summed E-state index contributed by atoms with van der Waals surface area (Å²) in [4.78, 5) is 12.6. The largest absolute Gasteiger partial charge is 0.507 e. The molecular formula is C19H25NO4. The Morgan fingerprint density at radius 3 is 2.29 bits per heavy atom. The van der Waals surface area contributed by atoms with Crippen molar-refractivity contribution in [1.82, 2.24) is 5.32 Å². The van der Waals surface area contributed by atoms with Crippen LogP contribution in [0.5, 0.6) is 11.5 Å². The van der Waals surface area contributed by atoms with E-state index >= 15 is 0 Å². The maximum atomic E-state index is 12.6. The second-order valence-corrected chi connectivity index (χ2v) is 8.41. The van der Waals surface area contributed by atoms with Crippen LogP contribution >= 0.6 is 0 Å². The van der Waals surface area contributed by atoms with Gasteiger partial charge in [0.15, 0.2) is 0 Å². The summed E-state index contributed by atoms with van der Waals surface area (Å²) in [5.74, 6) is 0.205. The van der Waals surface area contributed by atoms with Crippen LogP contribution in [0.25, 0.3) is 0 Å². The molecule has 4 fully saturated rings. The molecule has 0 aliphatic heterocycles. The number of benzene rings is 1. The normalized spacial score (nSPS) is 38.1. The molecule has 1 aromatic rings. The van der Waals surface area contributed by atoms with Crippen molar-refractivity contribution in [2.24, 2.45) is 17.3 Å². The zero-order valence-corrected chi connectivity index (χ0v) is 14.0. The zero-order chi connectivity index (χ0) is 17.1.